The van der Waals surface area contributed by atoms with Crippen LogP contribution >= 0.6 is 15.9 Å². The smallest absolute Gasteiger partial charge is 0.346 e. The standard InChI is InChI=1S/C7H10BrNO2/c1-5-3-9(5)4-6(8)7(10)11-2/h4-5H,3H2,1-2H3/b6-4+. The van der Waals surface area contributed by atoms with Gasteiger partial charge in [-0.1, -0.05) is 0 Å². The average Bonchev–Trinajstić information content (AvgIpc) is 2.65. The molecule has 1 heterocycles. The third-order valence-corrected chi connectivity index (χ3v) is 2.10. The highest BCUT2D eigenvalue weighted by molar-refractivity contribution is 9.12. The second-order valence-electron chi connectivity index (χ2n) is 2.51. The van der Waals surface area contributed by atoms with Crippen LogP contribution in [0.25, 0.3) is 0 Å². The van der Waals surface area contributed by atoms with E-state index in [4.69, 9.17) is 0 Å². The van der Waals surface area contributed by atoms with Crippen molar-refractivity contribution in [3.8, 4) is 0 Å². The van der Waals surface area contributed by atoms with Crippen LogP contribution in [0.4, 0.5) is 0 Å². The summed E-state index contributed by atoms with van der Waals surface area (Å²) < 4.78 is 4.97. The van der Waals surface area contributed by atoms with E-state index in [2.05, 4.69) is 27.6 Å². The minimum Gasteiger partial charge on any atom is -0.465 e. The van der Waals surface area contributed by atoms with Crippen LogP contribution in [0, 0.1) is 0 Å². The lowest BCUT2D eigenvalue weighted by Crippen LogP contribution is -2.01. The maximum Gasteiger partial charge on any atom is 0.346 e. The summed E-state index contributed by atoms with van der Waals surface area (Å²) in [4.78, 5) is 12.9. The highest BCUT2D eigenvalue weighted by atomic mass is 79.9. The van der Waals surface area contributed by atoms with Crippen LogP contribution in [-0.4, -0.2) is 30.6 Å². The summed E-state index contributed by atoms with van der Waals surface area (Å²) in [5.41, 5.74) is 0. The molecule has 0 N–H and O–H groups in total. The van der Waals surface area contributed by atoms with Crippen molar-refractivity contribution < 1.29 is 9.53 Å². The Morgan fingerprint density at radius 3 is 2.73 bits per heavy atom. The summed E-state index contributed by atoms with van der Waals surface area (Å²) in [6.07, 6.45) is 1.76. The highest BCUT2D eigenvalue weighted by Crippen LogP contribution is 2.20. The molecule has 0 aliphatic carbocycles. The van der Waals surface area contributed by atoms with E-state index in [0.29, 0.717) is 10.5 Å². The van der Waals surface area contributed by atoms with Crippen molar-refractivity contribution in [1.29, 1.82) is 0 Å². The van der Waals surface area contributed by atoms with Gasteiger partial charge in [-0.25, -0.2) is 4.79 Å². The Bertz CT molecular complexity index is 203. The molecule has 0 aromatic carbocycles. The van der Waals surface area contributed by atoms with Crippen LogP contribution in [0.2, 0.25) is 0 Å². The van der Waals surface area contributed by atoms with Gasteiger partial charge in [0.05, 0.1) is 7.11 Å². The normalized spacial score (nSPS) is 23.4. The minimum atomic E-state index is -0.330. The SMILES string of the molecule is COC(=O)/C(Br)=C\N1CC1C. The predicted octanol–water partition coefficient (Wildman–Crippen LogP) is 1.10. The zero-order chi connectivity index (χ0) is 8.43. The van der Waals surface area contributed by atoms with E-state index in [9.17, 15) is 4.79 Å². The number of rotatable bonds is 2. The fraction of sp³-hybridized carbons (Fsp3) is 0.571. The zero-order valence-electron chi connectivity index (χ0n) is 6.50. The van der Waals surface area contributed by atoms with Gasteiger partial charge in [0.15, 0.2) is 0 Å². The van der Waals surface area contributed by atoms with E-state index in [0.717, 1.165) is 6.54 Å². The molecular weight excluding hydrogens is 210 g/mol. The topological polar surface area (TPSA) is 29.3 Å². The van der Waals surface area contributed by atoms with Crippen LogP contribution in [0.1, 0.15) is 6.92 Å². The van der Waals surface area contributed by atoms with Crippen LogP contribution in [-0.2, 0) is 9.53 Å². The summed E-state index contributed by atoms with van der Waals surface area (Å²) in [6, 6.07) is 0.562. The van der Waals surface area contributed by atoms with Gasteiger partial charge in [0.2, 0.25) is 0 Å². The molecule has 0 saturated carbocycles. The summed E-state index contributed by atoms with van der Waals surface area (Å²) in [5.74, 6) is -0.330. The molecule has 1 aliphatic heterocycles. The molecule has 0 aromatic rings. The molecule has 3 nitrogen and oxygen atoms in total. The van der Waals surface area contributed by atoms with E-state index in [1.807, 2.05) is 4.90 Å². The van der Waals surface area contributed by atoms with Gasteiger partial charge in [0, 0.05) is 18.8 Å². The lowest BCUT2D eigenvalue weighted by molar-refractivity contribution is -0.135. The Hall–Kier alpha value is -0.510. The lowest BCUT2D eigenvalue weighted by Gasteiger charge is -1.97. The van der Waals surface area contributed by atoms with Crippen molar-refractivity contribution in [3.05, 3.63) is 10.7 Å². The molecule has 0 bridgehead atoms. The quantitative estimate of drug-likeness (QED) is 0.396. The van der Waals surface area contributed by atoms with Crippen molar-refractivity contribution in [2.75, 3.05) is 13.7 Å². The molecule has 1 aliphatic rings. The Morgan fingerprint density at radius 2 is 2.36 bits per heavy atom. The molecule has 4 heteroatoms. The van der Waals surface area contributed by atoms with Crippen LogP contribution in [0.3, 0.4) is 0 Å². The molecule has 62 valence electrons. The van der Waals surface area contributed by atoms with Gasteiger partial charge in [0.25, 0.3) is 0 Å². The monoisotopic (exact) mass is 219 g/mol. The van der Waals surface area contributed by atoms with Crippen molar-refractivity contribution in [3.63, 3.8) is 0 Å². The number of hydrogen-bond donors (Lipinski definition) is 0. The van der Waals surface area contributed by atoms with Crippen molar-refractivity contribution in [2.24, 2.45) is 0 Å². The van der Waals surface area contributed by atoms with E-state index in [-0.39, 0.29) is 5.97 Å². The Morgan fingerprint density at radius 1 is 1.82 bits per heavy atom. The van der Waals surface area contributed by atoms with Crippen molar-refractivity contribution in [1.82, 2.24) is 4.90 Å². The summed E-state index contributed by atoms with van der Waals surface area (Å²) in [6.45, 7) is 3.11. The second kappa shape index (κ2) is 3.26. The number of halogens is 1. The van der Waals surface area contributed by atoms with Gasteiger partial charge in [-0.3, -0.25) is 0 Å². The minimum absolute atomic E-state index is 0.330. The number of hydrogen-bond acceptors (Lipinski definition) is 3. The Kier molecular flexibility index (Phi) is 2.54. The fourth-order valence-corrected chi connectivity index (χ4v) is 1.16. The van der Waals surface area contributed by atoms with E-state index in [1.54, 1.807) is 6.20 Å². The van der Waals surface area contributed by atoms with E-state index < -0.39 is 0 Å². The summed E-state index contributed by atoms with van der Waals surface area (Å²) in [7, 11) is 1.36. The zero-order valence-corrected chi connectivity index (χ0v) is 8.09. The van der Waals surface area contributed by atoms with E-state index >= 15 is 0 Å². The highest BCUT2D eigenvalue weighted by Gasteiger charge is 2.26. The molecule has 1 fully saturated rings. The first kappa shape index (κ1) is 8.59. The molecule has 0 aromatic heterocycles. The maximum absolute atomic E-state index is 10.8. The number of carbonyl (C=O) groups is 1. The molecule has 1 atom stereocenters. The maximum atomic E-state index is 10.8. The first-order valence-electron chi connectivity index (χ1n) is 3.36. The van der Waals surface area contributed by atoms with Gasteiger partial charge in [0.1, 0.15) is 4.48 Å². The van der Waals surface area contributed by atoms with Crippen LogP contribution in [0.15, 0.2) is 10.7 Å². The molecule has 1 unspecified atom stereocenters. The number of esters is 1. The summed E-state index contributed by atoms with van der Waals surface area (Å²) in [5, 5.41) is 0. The predicted molar refractivity (Wildman–Crippen MR) is 45.2 cm³/mol. The van der Waals surface area contributed by atoms with Gasteiger partial charge < -0.3 is 9.64 Å². The van der Waals surface area contributed by atoms with Gasteiger partial charge in [-0.15, -0.1) is 0 Å². The van der Waals surface area contributed by atoms with Crippen LogP contribution in [0.5, 0.6) is 0 Å². The van der Waals surface area contributed by atoms with Gasteiger partial charge >= 0.3 is 5.97 Å². The molecule has 1 rings (SSSR count). The molecule has 11 heavy (non-hydrogen) atoms. The molecule has 0 spiro atoms. The third-order valence-electron chi connectivity index (χ3n) is 1.57. The average molecular weight is 220 g/mol. The Labute approximate surface area is 74.1 Å². The summed E-state index contributed by atoms with van der Waals surface area (Å²) >= 11 is 3.12. The molecule has 1 saturated heterocycles. The fourth-order valence-electron chi connectivity index (χ4n) is 0.734. The second-order valence-corrected chi connectivity index (χ2v) is 3.37. The van der Waals surface area contributed by atoms with Crippen molar-refractivity contribution >= 4 is 21.9 Å². The molecule has 0 radical (unpaired) electrons. The van der Waals surface area contributed by atoms with Gasteiger partial charge in [-0.2, -0.15) is 0 Å². The van der Waals surface area contributed by atoms with E-state index in [1.165, 1.54) is 7.11 Å². The van der Waals surface area contributed by atoms with Gasteiger partial charge in [-0.05, 0) is 22.9 Å². The van der Waals surface area contributed by atoms with Crippen molar-refractivity contribution in [2.45, 2.75) is 13.0 Å². The molecular formula is C7H10BrNO2. The first-order chi connectivity index (χ1) is 5.15. The number of carbonyl (C=O) groups excluding carboxylic acids is 1. The number of methoxy groups -OCH3 is 1. The largest absolute Gasteiger partial charge is 0.465 e. The molecule has 0 amide bonds. The first-order valence-corrected chi connectivity index (χ1v) is 4.16. The third kappa shape index (κ3) is 2.22. The number of nitrogens with zero attached hydrogens (tertiary/aromatic N) is 1. The number of ether oxygens (including phenoxy) is 1. The lowest BCUT2D eigenvalue weighted by atomic mass is 10.6. The Balaban J connectivity index is 2.46. The van der Waals surface area contributed by atoms with Crippen LogP contribution < -0.4 is 0 Å².